The van der Waals surface area contributed by atoms with Crippen molar-refractivity contribution in [3.63, 3.8) is 0 Å². The normalized spacial score (nSPS) is 42.9. The Balaban J connectivity index is 2.38. The van der Waals surface area contributed by atoms with Gasteiger partial charge in [-0.25, -0.2) is 0 Å². The van der Waals surface area contributed by atoms with Gasteiger partial charge in [-0.2, -0.15) is 0 Å². The molecule has 0 spiro atoms. The van der Waals surface area contributed by atoms with E-state index in [9.17, 15) is 10.2 Å². The first-order chi connectivity index (χ1) is 4.70. The summed E-state index contributed by atoms with van der Waals surface area (Å²) in [6, 6.07) is 0. The third-order valence-corrected chi connectivity index (χ3v) is 3.06. The zero-order valence-corrected chi connectivity index (χ0v) is 7.42. The van der Waals surface area contributed by atoms with Crippen molar-refractivity contribution in [1.29, 1.82) is 0 Å². The molecule has 10 heavy (non-hydrogen) atoms. The van der Waals surface area contributed by atoms with E-state index in [-0.39, 0.29) is 17.0 Å². The van der Waals surface area contributed by atoms with Crippen molar-refractivity contribution in [2.75, 3.05) is 0 Å². The number of halogens is 1. The van der Waals surface area contributed by atoms with Crippen LogP contribution in [0.3, 0.4) is 0 Å². The lowest BCUT2D eigenvalue weighted by Crippen LogP contribution is -2.17. The summed E-state index contributed by atoms with van der Waals surface area (Å²) in [5, 5.41) is 18.5. The second-order valence-electron chi connectivity index (χ2n) is 2.89. The topological polar surface area (TPSA) is 40.5 Å². The third kappa shape index (κ3) is 2.22. The van der Waals surface area contributed by atoms with Crippen molar-refractivity contribution in [2.24, 2.45) is 0 Å². The smallest absolute Gasteiger partial charge is 0.0666 e. The second kappa shape index (κ2) is 3.69. The molecule has 0 amide bonds. The van der Waals surface area contributed by atoms with E-state index in [1.807, 2.05) is 0 Å². The number of aliphatic hydroxyl groups excluding tert-OH is 2. The molecule has 1 fully saturated rings. The lowest BCUT2D eigenvalue weighted by molar-refractivity contribution is 0.135. The highest BCUT2D eigenvalue weighted by Crippen LogP contribution is 2.23. The predicted octanol–water partition coefficient (Wildman–Crippen LogP) is 1.05. The van der Waals surface area contributed by atoms with Crippen molar-refractivity contribution < 1.29 is 10.2 Å². The van der Waals surface area contributed by atoms with Crippen LogP contribution in [0.5, 0.6) is 0 Å². The molecule has 0 aromatic rings. The Morgan fingerprint density at radius 3 is 2.30 bits per heavy atom. The first-order valence-corrected chi connectivity index (χ1v) is 4.62. The monoisotopic (exact) mass is 208 g/mol. The van der Waals surface area contributed by atoms with Gasteiger partial charge in [0.2, 0.25) is 0 Å². The number of rotatable bonds is 0. The highest BCUT2D eigenvalue weighted by atomic mass is 79.9. The van der Waals surface area contributed by atoms with Gasteiger partial charge < -0.3 is 10.2 Å². The molecule has 3 heteroatoms. The summed E-state index contributed by atoms with van der Waals surface area (Å²) in [5.41, 5.74) is 0. The third-order valence-electron chi connectivity index (χ3n) is 1.99. The minimum absolute atomic E-state index is 0.185. The fourth-order valence-corrected chi connectivity index (χ4v) is 1.76. The Hall–Kier alpha value is 0.400. The predicted molar refractivity (Wildman–Crippen MR) is 43.2 cm³/mol. The lowest BCUT2D eigenvalue weighted by Gasteiger charge is -2.11. The molecule has 0 aromatic carbocycles. The van der Waals surface area contributed by atoms with Gasteiger partial charge in [0.1, 0.15) is 0 Å². The maximum absolute atomic E-state index is 9.32. The van der Waals surface area contributed by atoms with Gasteiger partial charge in [-0.3, -0.25) is 0 Å². The number of hydrogen-bond donors (Lipinski definition) is 2. The van der Waals surface area contributed by atoms with Gasteiger partial charge in [-0.05, 0) is 25.7 Å². The molecule has 1 aliphatic carbocycles. The van der Waals surface area contributed by atoms with Crippen LogP contribution in [0.25, 0.3) is 0 Å². The van der Waals surface area contributed by atoms with Crippen LogP contribution in [0.2, 0.25) is 0 Å². The maximum atomic E-state index is 9.32. The summed E-state index contributed by atoms with van der Waals surface area (Å²) in [6.45, 7) is 0. The maximum Gasteiger partial charge on any atom is 0.0666 e. The number of hydrogen-bond acceptors (Lipinski definition) is 2. The SMILES string of the molecule is OC1CCC(O)C(Br)CC1. The van der Waals surface area contributed by atoms with Crippen LogP contribution in [0.4, 0.5) is 0 Å². The van der Waals surface area contributed by atoms with Gasteiger partial charge in [0, 0.05) is 4.83 Å². The molecule has 2 nitrogen and oxygen atoms in total. The molecular weight excluding hydrogens is 196 g/mol. The Morgan fingerprint density at radius 1 is 1.00 bits per heavy atom. The fraction of sp³-hybridized carbons (Fsp3) is 1.00. The van der Waals surface area contributed by atoms with E-state index in [2.05, 4.69) is 15.9 Å². The van der Waals surface area contributed by atoms with Gasteiger partial charge >= 0.3 is 0 Å². The Morgan fingerprint density at radius 2 is 1.60 bits per heavy atom. The van der Waals surface area contributed by atoms with Crippen LogP contribution in [0, 0.1) is 0 Å². The molecule has 1 aliphatic rings. The van der Waals surface area contributed by atoms with Crippen molar-refractivity contribution in [2.45, 2.75) is 42.7 Å². The second-order valence-corrected chi connectivity index (χ2v) is 4.07. The Kier molecular flexibility index (Phi) is 3.14. The van der Waals surface area contributed by atoms with Crippen LogP contribution in [-0.4, -0.2) is 27.2 Å². The van der Waals surface area contributed by atoms with Crippen LogP contribution >= 0.6 is 15.9 Å². The van der Waals surface area contributed by atoms with E-state index in [4.69, 9.17) is 0 Å². The molecule has 2 N–H and O–H groups in total. The van der Waals surface area contributed by atoms with Gasteiger partial charge in [0.15, 0.2) is 0 Å². The highest BCUT2D eigenvalue weighted by Gasteiger charge is 2.22. The molecule has 0 aliphatic heterocycles. The van der Waals surface area contributed by atoms with E-state index in [0.29, 0.717) is 0 Å². The van der Waals surface area contributed by atoms with E-state index in [1.54, 1.807) is 0 Å². The van der Waals surface area contributed by atoms with Gasteiger partial charge in [0.25, 0.3) is 0 Å². The summed E-state index contributed by atoms with van der Waals surface area (Å²) in [5.74, 6) is 0. The molecule has 3 atom stereocenters. The van der Waals surface area contributed by atoms with Gasteiger partial charge in [-0.1, -0.05) is 15.9 Å². The van der Waals surface area contributed by atoms with E-state index in [1.165, 1.54) is 0 Å². The first-order valence-electron chi connectivity index (χ1n) is 3.70. The first kappa shape index (κ1) is 8.50. The largest absolute Gasteiger partial charge is 0.393 e. The lowest BCUT2D eigenvalue weighted by atomic mass is 10.1. The van der Waals surface area contributed by atoms with Crippen LogP contribution in [0.1, 0.15) is 25.7 Å². The van der Waals surface area contributed by atoms with E-state index in [0.717, 1.165) is 25.7 Å². The Bertz CT molecular complexity index is 95.8. The average Bonchev–Trinajstić information content (AvgIpc) is 2.04. The number of aliphatic hydroxyl groups is 2. The van der Waals surface area contributed by atoms with Crippen molar-refractivity contribution >= 4 is 15.9 Å². The molecule has 60 valence electrons. The quantitative estimate of drug-likeness (QED) is 0.462. The molecule has 0 saturated heterocycles. The summed E-state index contributed by atoms with van der Waals surface area (Å²) in [4.78, 5) is 0.185. The molecule has 1 rings (SSSR count). The standard InChI is InChI=1S/C7H13BrO2/c8-6-3-1-5(9)2-4-7(6)10/h5-7,9-10H,1-4H2. The molecule has 0 aromatic heterocycles. The zero-order chi connectivity index (χ0) is 7.56. The molecule has 0 radical (unpaired) electrons. The van der Waals surface area contributed by atoms with E-state index >= 15 is 0 Å². The number of alkyl halides is 1. The van der Waals surface area contributed by atoms with Gasteiger partial charge in [-0.15, -0.1) is 0 Å². The highest BCUT2D eigenvalue weighted by molar-refractivity contribution is 9.09. The average molecular weight is 209 g/mol. The molecule has 1 saturated carbocycles. The fourth-order valence-electron chi connectivity index (χ4n) is 1.23. The summed E-state index contributed by atoms with van der Waals surface area (Å²) < 4.78 is 0. The summed E-state index contributed by atoms with van der Waals surface area (Å²) >= 11 is 3.37. The molecule has 0 heterocycles. The van der Waals surface area contributed by atoms with Crippen LogP contribution in [0.15, 0.2) is 0 Å². The van der Waals surface area contributed by atoms with Crippen LogP contribution in [-0.2, 0) is 0 Å². The van der Waals surface area contributed by atoms with Crippen molar-refractivity contribution in [1.82, 2.24) is 0 Å². The summed E-state index contributed by atoms with van der Waals surface area (Å²) in [6.07, 6.45) is 2.68. The summed E-state index contributed by atoms with van der Waals surface area (Å²) in [7, 11) is 0. The van der Waals surface area contributed by atoms with Crippen molar-refractivity contribution in [3.05, 3.63) is 0 Å². The molecule has 0 bridgehead atoms. The molecule has 3 unspecified atom stereocenters. The van der Waals surface area contributed by atoms with E-state index < -0.39 is 0 Å². The van der Waals surface area contributed by atoms with Crippen LogP contribution < -0.4 is 0 Å². The Labute approximate surface area is 69.4 Å². The van der Waals surface area contributed by atoms with Crippen molar-refractivity contribution in [3.8, 4) is 0 Å². The van der Waals surface area contributed by atoms with Gasteiger partial charge in [0.05, 0.1) is 12.2 Å². The minimum atomic E-state index is -0.267. The molecular formula is C7H13BrO2. The minimum Gasteiger partial charge on any atom is -0.393 e. The zero-order valence-electron chi connectivity index (χ0n) is 5.83.